The summed E-state index contributed by atoms with van der Waals surface area (Å²) in [7, 11) is 0. The van der Waals surface area contributed by atoms with Gasteiger partial charge in [0.1, 0.15) is 18.0 Å². The molecule has 0 spiro atoms. The van der Waals surface area contributed by atoms with Crippen LogP contribution in [0.15, 0.2) is 23.2 Å². The van der Waals surface area contributed by atoms with Crippen LogP contribution in [0.3, 0.4) is 0 Å². The number of rotatable bonds is 3. The molecule has 0 aromatic rings. The molecule has 2 saturated carbocycles. The van der Waals surface area contributed by atoms with Crippen molar-refractivity contribution in [3.05, 3.63) is 23.2 Å². The lowest BCUT2D eigenvalue weighted by atomic mass is 9.46. The Morgan fingerprint density at radius 1 is 1.28 bits per heavy atom. The van der Waals surface area contributed by atoms with E-state index in [0.717, 1.165) is 31.5 Å². The molecule has 0 bridgehead atoms. The number of carbonyl (C=O) groups excluding carboxylic acids is 1. The number of aliphatic hydroxyl groups excluding tert-OH is 2. The Morgan fingerprint density at radius 3 is 2.62 bits per heavy atom. The van der Waals surface area contributed by atoms with Crippen LogP contribution in [0, 0.1) is 34.5 Å². The molecule has 32 heavy (non-hydrogen) atoms. The number of hydrogen-bond donors (Lipinski definition) is 3. The topological polar surface area (TPSA) is 81.0 Å². The van der Waals surface area contributed by atoms with Crippen LogP contribution in [-0.4, -0.2) is 57.4 Å². The summed E-state index contributed by atoms with van der Waals surface area (Å²) in [6.45, 7) is 7.22. The second-order valence-corrected chi connectivity index (χ2v) is 11.7. The predicted molar refractivity (Wildman–Crippen MR) is 119 cm³/mol. The Hall–Kier alpha value is -1.24. The van der Waals surface area contributed by atoms with Crippen molar-refractivity contribution in [3.63, 3.8) is 0 Å². The van der Waals surface area contributed by atoms with Crippen molar-refractivity contribution >= 4 is 5.78 Å². The van der Waals surface area contributed by atoms with Crippen LogP contribution in [-0.2, 0) is 4.79 Å². The number of nitrogens with zero attached hydrogens (tertiary/aromatic N) is 1. The number of ketones is 1. The number of likely N-dealkylation sites (tertiary alicyclic amines) is 1. The lowest BCUT2D eigenvalue weighted by Gasteiger charge is -2.60. The summed E-state index contributed by atoms with van der Waals surface area (Å²) >= 11 is 0. The van der Waals surface area contributed by atoms with E-state index in [2.05, 4.69) is 17.9 Å². The van der Waals surface area contributed by atoms with Gasteiger partial charge in [-0.3, -0.25) is 4.79 Å². The molecule has 0 radical (unpaired) electrons. The predicted octanol–water partition coefficient (Wildman–Crippen LogP) is 3.35. The highest BCUT2D eigenvalue weighted by Crippen LogP contribution is 2.69. The van der Waals surface area contributed by atoms with E-state index in [1.165, 1.54) is 18.5 Å². The lowest BCUT2D eigenvalue weighted by molar-refractivity contribution is -0.185. The van der Waals surface area contributed by atoms with Crippen LogP contribution < -0.4 is 0 Å². The maximum absolute atomic E-state index is 15.8. The van der Waals surface area contributed by atoms with Gasteiger partial charge in [0.15, 0.2) is 5.78 Å². The summed E-state index contributed by atoms with van der Waals surface area (Å²) in [5.74, 6) is -1.28. The Labute approximate surface area is 190 Å². The molecule has 1 heterocycles. The first-order valence-electron chi connectivity index (χ1n) is 12.5. The van der Waals surface area contributed by atoms with E-state index in [1.54, 1.807) is 0 Å². The minimum Gasteiger partial charge on any atom is -0.393 e. The van der Waals surface area contributed by atoms with E-state index in [9.17, 15) is 20.1 Å². The third-order valence-electron chi connectivity index (χ3n) is 10.4. The maximum atomic E-state index is 15.8. The zero-order valence-electron chi connectivity index (χ0n) is 19.6. The number of carbonyl (C=O) groups is 1. The number of allylic oxidation sites excluding steroid dienone is 4. The van der Waals surface area contributed by atoms with Crippen LogP contribution in [0.5, 0.6) is 0 Å². The normalized spacial score (nSPS) is 48.3. The van der Waals surface area contributed by atoms with Gasteiger partial charge in [0.2, 0.25) is 0 Å². The first-order valence-corrected chi connectivity index (χ1v) is 12.5. The first-order chi connectivity index (χ1) is 15.1. The van der Waals surface area contributed by atoms with Gasteiger partial charge in [0, 0.05) is 36.0 Å². The Balaban J connectivity index is 1.55. The number of Topliss-reactive ketones (excluding diaryl/α,β-unsaturated/α-hetero) is 1. The van der Waals surface area contributed by atoms with Gasteiger partial charge in [-0.05, 0) is 73.8 Å². The number of aliphatic hydroxyl groups is 3. The van der Waals surface area contributed by atoms with Crippen LogP contribution >= 0.6 is 0 Å². The fourth-order valence-corrected chi connectivity index (χ4v) is 8.82. The zero-order chi connectivity index (χ0) is 23.1. The van der Waals surface area contributed by atoms with Crippen molar-refractivity contribution in [1.82, 2.24) is 4.90 Å². The monoisotopic (exact) mass is 447 g/mol. The molecule has 6 heteroatoms. The first kappa shape index (κ1) is 22.5. The Bertz CT molecular complexity index is 879. The van der Waals surface area contributed by atoms with Crippen molar-refractivity contribution in [2.45, 2.75) is 77.4 Å². The van der Waals surface area contributed by atoms with Gasteiger partial charge in [0.05, 0.1) is 6.10 Å². The molecule has 8 atom stereocenters. The van der Waals surface area contributed by atoms with E-state index in [0.29, 0.717) is 12.8 Å². The quantitative estimate of drug-likeness (QED) is 0.618. The van der Waals surface area contributed by atoms with Crippen molar-refractivity contribution in [2.75, 3.05) is 19.7 Å². The molecule has 178 valence electrons. The zero-order valence-corrected chi connectivity index (χ0v) is 19.6. The fraction of sp³-hybridized carbons (Fsp3) is 0.808. The van der Waals surface area contributed by atoms with Crippen LogP contribution in [0.1, 0.15) is 65.7 Å². The third kappa shape index (κ3) is 2.75. The second kappa shape index (κ2) is 7.38. The van der Waals surface area contributed by atoms with Crippen LogP contribution in [0.4, 0.5) is 4.39 Å². The molecule has 0 aromatic heterocycles. The van der Waals surface area contributed by atoms with Crippen molar-refractivity contribution < 1.29 is 24.5 Å². The summed E-state index contributed by atoms with van der Waals surface area (Å²) in [6, 6.07) is 0. The lowest BCUT2D eigenvalue weighted by Crippen LogP contribution is -2.62. The van der Waals surface area contributed by atoms with Gasteiger partial charge in [-0.25, -0.2) is 4.39 Å². The SMILES string of the molecule is CC1C[C@H]2[C@@H]3CC(F)=C4C=C(N5CCCC5)CC[C@]4(C)[C@H]3C(O)C[C@]2(C)[C@@]1(O)C(=O)CO. The highest BCUT2D eigenvalue weighted by molar-refractivity contribution is 5.90. The minimum atomic E-state index is -1.69. The highest BCUT2D eigenvalue weighted by atomic mass is 19.1. The van der Waals surface area contributed by atoms with Gasteiger partial charge in [0.25, 0.3) is 0 Å². The molecule has 5 aliphatic rings. The van der Waals surface area contributed by atoms with Gasteiger partial charge < -0.3 is 20.2 Å². The van der Waals surface area contributed by atoms with Gasteiger partial charge in [-0.15, -0.1) is 0 Å². The van der Waals surface area contributed by atoms with Crippen LogP contribution in [0.2, 0.25) is 0 Å². The van der Waals surface area contributed by atoms with E-state index >= 15 is 4.39 Å². The molecule has 1 aliphatic heterocycles. The van der Waals surface area contributed by atoms with Crippen molar-refractivity contribution in [2.24, 2.45) is 34.5 Å². The van der Waals surface area contributed by atoms with Gasteiger partial charge in [-0.1, -0.05) is 20.8 Å². The summed E-state index contributed by atoms with van der Waals surface area (Å²) < 4.78 is 15.8. The smallest absolute Gasteiger partial charge is 0.190 e. The Kier molecular flexibility index (Phi) is 5.20. The molecule has 0 aromatic carbocycles. The summed E-state index contributed by atoms with van der Waals surface area (Å²) in [4.78, 5) is 15.1. The molecule has 3 fully saturated rings. The van der Waals surface area contributed by atoms with E-state index in [4.69, 9.17) is 0 Å². The molecule has 3 N–H and O–H groups in total. The molecule has 5 nitrogen and oxygen atoms in total. The van der Waals surface area contributed by atoms with Crippen molar-refractivity contribution in [3.8, 4) is 0 Å². The fourth-order valence-electron chi connectivity index (χ4n) is 8.82. The Morgan fingerprint density at radius 2 is 1.97 bits per heavy atom. The van der Waals surface area contributed by atoms with Gasteiger partial charge in [-0.2, -0.15) is 0 Å². The van der Waals surface area contributed by atoms with Crippen molar-refractivity contribution in [1.29, 1.82) is 0 Å². The minimum absolute atomic E-state index is 0.0699. The molecule has 0 amide bonds. The standard InChI is InChI=1S/C26H38FNO4/c1-15-10-18-17-12-20(27)19-11-16(28-8-4-5-9-28)6-7-24(19,2)23(17)21(30)13-25(18,3)26(15,32)22(31)14-29/h11,15,17-18,21,23,29-30,32H,4-10,12-14H2,1-3H3/t15?,17-,18-,21?,23+,24-,25-,26-/m0/s1. The third-order valence-corrected chi connectivity index (χ3v) is 10.4. The van der Waals surface area contributed by atoms with Crippen LogP contribution in [0.25, 0.3) is 0 Å². The number of halogens is 1. The van der Waals surface area contributed by atoms with E-state index < -0.39 is 34.9 Å². The van der Waals surface area contributed by atoms with E-state index in [1.807, 2.05) is 13.8 Å². The maximum Gasteiger partial charge on any atom is 0.190 e. The largest absolute Gasteiger partial charge is 0.393 e. The highest BCUT2D eigenvalue weighted by Gasteiger charge is 2.70. The summed E-state index contributed by atoms with van der Waals surface area (Å²) in [6.07, 6.45) is 6.61. The molecule has 2 unspecified atom stereocenters. The molecular formula is C26H38FNO4. The van der Waals surface area contributed by atoms with E-state index in [-0.39, 0.29) is 35.9 Å². The molecule has 1 saturated heterocycles. The average molecular weight is 448 g/mol. The second-order valence-electron chi connectivity index (χ2n) is 11.7. The average Bonchev–Trinajstić information content (AvgIpc) is 3.35. The number of hydrogen-bond acceptors (Lipinski definition) is 5. The molecule has 5 rings (SSSR count). The summed E-state index contributed by atoms with van der Waals surface area (Å²) in [5.41, 5.74) is -0.998. The van der Waals surface area contributed by atoms with Gasteiger partial charge >= 0.3 is 0 Å². The summed E-state index contributed by atoms with van der Waals surface area (Å²) in [5, 5.41) is 32.6. The number of fused-ring (bicyclic) bond motifs is 5. The molecular weight excluding hydrogens is 409 g/mol. The molecule has 4 aliphatic carbocycles.